The largest absolute Gasteiger partial charge is 0.507 e. The molecule has 0 spiro atoms. The smallest absolute Gasteiger partial charge is 0.240 e. The van der Waals surface area contributed by atoms with Gasteiger partial charge in [0.2, 0.25) is 28.8 Å². The summed E-state index contributed by atoms with van der Waals surface area (Å²) in [7, 11) is 4.96. The number of piperidine rings is 3. The van der Waals surface area contributed by atoms with Gasteiger partial charge in [-0.3, -0.25) is 9.36 Å². The number of aryl methyl sites for hydroxylation is 2. The van der Waals surface area contributed by atoms with Crippen LogP contribution in [0.1, 0.15) is 145 Å². The minimum absolute atomic E-state index is 0.0245. The van der Waals surface area contributed by atoms with Crippen molar-refractivity contribution in [2.24, 2.45) is 14.1 Å². The van der Waals surface area contributed by atoms with Crippen molar-refractivity contribution in [3.63, 3.8) is 0 Å². The third-order valence-electron chi connectivity index (χ3n) is 18.5. The zero-order chi connectivity index (χ0) is 71.2. The lowest BCUT2D eigenvalue weighted by atomic mass is 9.79. The van der Waals surface area contributed by atoms with Crippen molar-refractivity contribution in [3.8, 4) is 96.4 Å². The van der Waals surface area contributed by atoms with E-state index >= 15 is 0 Å². The number of nitriles is 1. The van der Waals surface area contributed by atoms with Gasteiger partial charge in [-0.25, -0.2) is 19.1 Å². The molecule has 30 heteroatoms. The van der Waals surface area contributed by atoms with Crippen molar-refractivity contribution in [1.29, 1.82) is 5.26 Å². The Morgan fingerprint density at radius 3 is 1.13 bits per heavy atom. The van der Waals surface area contributed by atoms with Crippen LogP contribution >= 0.6 is 0 Å². The molecule has 7 N–H and O–H groups in total. The van der Waals surface area contributed by atoms with Crippen LogP contribution in [0, 0.1) is 17.3 Å². The number of H-pyrrole nitrogens is 1. The Hall–Kier alpha value is -10.8. The molecule has 0 atom stereocenters. The Bertz CT molecular complexity index is 5070. The lowest BCUT2D eigenvalue weighted by molar-refractivity contribution is 0.126. The van der Waals surface area contributed by atoms with Crippen LogP contribution in [0.15, 0.2) is 91.4 Å². The molecular weight excluding hydrogens is 1270 g/mol. The van der Waals surface area contributed by atoms with Gasteiger partial charge in [-0.15, -0.1) is 51.0 Å². The standard InChI is InChI=1S/C24H27N9O.C23H27FN8O.C23H28N8O2/c1-23(2)10-15(11-24(3,4)30-23)33-22-19(27-31-33)9-18(26-28-22)16-7-6-14(8-21(16)34)17-13-32(5)29-20(17)12-25;1-22(2)10-14(11-23(3,4)29-22)32-21-18(26-30-32)9-17(25-27-21)15-7-6-13(8-19(15)33)16-12-31(5)28-20(16)24;1-22(2)10-14(11-23(3,4)29-22)31-20-18(26-30-31)9-17(25-27-20)15-7-6-13(8-19(15)32)16-12-24-28-21(16)33-5/h6-9,13,15,30,34H,10-11H2,1-5H3;6-9,12,14,29,33H,10-11H2,1-5H3;6-9,12,14,29,32H,10-11H2,1-5H3,(H,24,28). The maximum Gasteiger partial charge on any atom is 0.240 e. The van der Waals surface area contributed by atoms with E-state index in [9.17, 15) is 25.0 Å². The highest BCUT2D eigenvalue weighted by atomic mass is 19.1. The summed E-state index contributed by atoms with van der Waals surface area (Å²) >= 11 is 0. The fraction of sp³-hybridized carbons (Fsp3) is 0.429. The second-order valence-corrected chi connectivity index (χ2v) is 30.5. The van der Waals surface area contributed by atoms with Gasteiger partial charge >= 0.3 is 0 Å². The van der Waals surface area contributed by atoms with E-state index in [1.807, 2.05) is 32.2 Å². The molecule has 3 aromatic carbocycles. The van der Waals surface area contributed by atoms with Crippen LogP contribution in [0.2, 0.25) is 0 Å². The Kier molecular flexibility index (Phi) is 17.1. The molecule has 3 saturated heterocycles. The summed E-state index contributed by atoms with van der Waals surface area (Å²) in [5.41, 5.74) is 10.7. The molecule has 3 aliphatic heterocycles. The van der Waals surface area contributed by atoms with E-state index in [0.29, 0.717) is 101 Å². The van der Waals surface area contributed by atoms with Crippen LogP contribution in [0.25, 0.3) is 101 Å². The molecule has 0 unspecified atom stereocenters. The number of halogens is 1. The number of benzene rings is 3. The van der Waals surface area contributed by atoms with E-state index in [1.165, 1.54) is 10.7 Å². The molecule has 0 saturated carbocycles. The summed E-state index contributed by atoms with van der Waals surface area (Å²) in [6.45, 7) is 26.4. The van der Waals surface area contributed by atoms with Crippen LogP contribution in [0.5, 0.6) is 23.1 Å². The lowest BCUT2D eigenvalue weighted by Gasteiger charge is -2.46. The first-order valence-corrected chi connectivity index (χ1v) is 33.1. The normalized spacial score (nSPS) is 17.9. The van der Waals surface area contributed by atoms with Gasteiger partial charge in [0, 0.05) is 82.0 Å². The van der Waals surface area contributed by atoms with E-state index < -0.39 is 5.95 Å². The molecular formula is C70H82FN25O4. The first-order valence-electron chi connectivity index (χ1n) is 33.1. The summed E-state index contributed by atoms with van der Waals surface area (Å²) in [5.74, 6) is 0.0291. The molecule has 0 amide bonds. The molecule has 3 aliphatic rings. The van der Waals surface area contributed by atoms with Gasteiger partial charge in [-0.1, -0.05) is 33.8 Å². The number of phenolic OH excluding ortho intramolecular Hbond substituents is 3. The summed E-state index contributed by atoms with van der Waals surface area (Å²) in [5, 5.41) is 120. The summed E-state index contributed by atoms with van der Waals surface area (Å²) in [6.07, 6.45) is 10.4. The van der Waals surface area contributed by atoms with Crippen LogP contribution < -0.4 is 20.7 Å². The summed E-state index contributed by atoms with van der Waals surface area (Å²) in [4.78, 5) is 0. The molecule has 3 fully saturated rings. The maximum atomic E-state index is 14.0. The highest BCUT2D eigenvalue weighted by molar-refractivity contribution is 5.83. The van der Waals surface area contributed by atoms with Crippen molar-refractivity contribution >= 4 is 33.5 Å². The van der Waals surface area contributed by atoms with E-state index in [2.05, 4.69) is 187 Å². The molecule has 9 aromatic heterocycles. The first-order chi connectivity index (χ1) is 47.2. The quantitative estimate of drug-likeness (QED) is 0.0669. The van der Waals surface area contributed by atoms with Gasteiger partial charge in [0.1, 0.15) is 39.9 Å². The minimum Gasteiger partial charge on any atom is -0.507 e. The van der Waals surface area contributed by atoms with E-state index in [0.717, 1.165) is 49.7 Å². The topological polar surface area (TPSA) is 364 Å². The zero-order valence-corrected chi connectivity index (χ0v) is 58.7. The number of aromatic nitrogens is 21. The molecule has 15 rings (SSSR count). The lowest BCUT2D eigenvalue weighted by Crippen LogP contribution is -2.58. The second kappa shape index (κ2) is 25.2. The number of hydrogen-bond donors (Lipinski definition) is 7. The Labute approximate surface area is 575 Å². The minimum atomic E-state index is -0.591. The molecule has 0 radical (unpaired) electrons. The molecule has 29 nitrogen and oxygen atoms in total. The SMILES string of the molecule is COc1[nH]ncc1-c1ccc(-c2cc3nnn(C4CC(C)(C)NC(C)(C)C4)c3nn2)c(O)c1.Cn1cc(-c2ccc(-c3cc4nnn(C5CC(C)(C)NC(C)(C)C5)c4nn3)c(O)c2)c(C#N)n1.Cn1cc(-c2ccc(-c3cc4nnn(C5CC(C)(C)NC(C)(C)C5)c4nn3)c(O)c2)c(F)n1. The summed E-state index contributed by atoms with van der Waals surface area (Å²) < 4.78 is 27.9. The average molecular weight is 1360 g/mol. The fourth-order valence-electron chi connectivity index (χ4n) is 15.5. The molecule has 12 heterocycles. The number of nitrogens with one attached hydrogen (secondary N) is 4. The molecule has 518 valence electrons. The zero-order valence-electron chi connectivity index (χ0n) is 58.7. The third kappa shape index (κ3) is 13.9. The van der Waals surface area contributed by atoms with Crippen molar-refractivity contribution in [2.45, 2.75) is 173 Å². The van der Waals surface area contributed by atoms with Crippen LogP contribution in [-0.2, 0) is 14.1 Å². The highest BCUT2D eigenvalue weighted by Gasteiger charge is 2.42. The highest BCUT2D eigenvalue weighted by Crippen LogP contribution is 2.43. The van der Waals surface area contributed by atoms with Crippen LogP contribution in [-0.4, -0.2) is 161 Å². The number of methoxy groups -OCH3 is 1. The molecule has 100 heavy (non-hydrogen) atoms. The van der Waals surface area contributed by atoms with Crippen LogP contribution in [0.4, 0.5) is 4.39 Å². The number of ether oxygens (including phenoxy) is 1. The van der Waals surface area contributed by atoms with Gasteiger partial charge in [-0.05, 0) is 193 Å². The number of fused-ring (bicyclic) bond motifs is 3. The van der Waals surface area contributed by atoms with Crippen molar-refractivity contribution < 1.29 is 24.4 Å². The number of aromatic amines is 1. The van der Waals surface area contributed by atoms with Gasteiger partial charge in [0.25, 0.3) is 0 Å². The van der Waals surface area contributed by atoms with Crippen LogP contribution in [0.3, 0.4) is 0 Å². The second-order valence-electron chi connectivity index (χ2n) is 30.5. The van der Waals surface area contributed by atoms with Gasteiger partial charge in [0.15, 0.2) is 5.69 Å². The molecule has 0 bridgehead atoms. The molecule has 0 aliphatic carbocycles. The first kappa shape index (κ1) is 67.8. The van der Waals surface area contributed by atoms with E-state index in [-0.39, 0.29) is 68.6 Å². The van der Waals surface area contributed by atoms with Gasteiger partial charge in [-0.2, -0.15) is 19.8 Å². The summed E-state index contributed by atoms with van der Waals surface area (Å²) in [6, 6.07) is 23.4. The average Bonchev–Trinajstić information content (AvgIpc) is 1.56. The number of aromatic hydroxyl groups is 3. The maximum absolute atomic E-state index is 14.0. The number of phenols is 3. The van der Waals surface area contributed by atoms with Gasteiger partial charge in [0.05, 0.1) is 59.6 Å². The van der Waals surface area contributed by atoms with Crippen molar-refractivity contribution in [2.75, 3.05) is 7.11 Å². The van der Waals surface area contributed by atoms with Gasteiger partial charge < -0.3 is 36.0 Å². The molecule has 12 aromatic rings. The number of hydrogen-bond acceptors (Lipinski definition) is 23. The Balaban J connectivity index is 0.000000134. The Morgan fingerprint density at radius 2 is 0.800 bits per heavy atom. The number of nitrogens with zero attached hydrogens (tertiary/aromatic N) is 21. The number of rotatable bonds is 10. The van der Waals surface area contributed by atoms with Crippen molar-refractivity contribution in [3.05, 3.63) is 103 Å². The van der Waals surface area contributed by atoms with Crippen molar-refractivity contribution in [1.82, 2.24) is 121 Å². The van der Waals surface area contributed by atoms with E-state index in [4.69, 9.17) is 4.74 Å². The van der Waals surface area contributed by atoms with E-state index in [1.54, 1.807) is 93.0 Å². The predicted molar refractivity (Wildman–Crippen MR) is 373 cm³/mol. The fourth-order valence-corrected chi connectivity index (χ4v) is 15.5. The monoisotopic (exact) mass is 1360 g/mol. The third-order valence-corrected chi connectivity index (χ3v) is 18.5. The predicted octanol–water partition coefficient (Wildman–Crippen LogP) is 10.4. The Morgan fingerprint density at radius 1 is 0.460 bits per heavy atom.